The molecule has 0 aliphatic rings. The molecule has 0 aliphatic heterocycles. The van der Waals surface area contributed by atoms with Gasteiger partial charge in [-0.05, 0) is 13.8 Å². The van der Waals surface area contributed by atoms with Gasteiger partial charge in [-0.25, -0.2) is 9.97 Å². The summed E-state index contributed by atoms with van der Waals surface area (Å²) >= 11 is 1.54. The highest BCUT2D eigenvalue weighted by atomic mass is 32.1. The smallest absolute Gasteiger partial charge is 0.254 e. The molecular weight excluding hydrogens is 198 g/mol. The van der Waals surface area contributed by atoms with Crippen LogP contribution in [0.5, 0.6) is 0 Å². The number of thiazole rings is 1. The third-order valence-corrected chi connectivity index (χ3v) is 2.86. The van der Waals surface area contributed by atoms with Crippen molar-refractivity contribution in [3.8, 4) is 10.6 Å². The summed E-state index contributed by atoms with van der Waals surface area (Å²) in [5.74, 6) is 0. The van der Waals surface area contributed by atoms with E-state index < -0.39 is 0 Å². The van der Waals surface area contributed by atoms with E-state index in [-0.39, 0.29) is 5.56 Å². The molecule has 72 valence electrons. The van der Waals surface area contributed by atoms with Crippen LogP contribution in [-0.2, 0) is 0 Å². The zero-order chi connectivity index (χ0) is 10.1. The molecule has 0 saturated carbocycles. The molecule has 2 aromatic rings. The molecule has 1 N–H and O–H groups in total. The normalized spacial score (nSPS) is 10.4. The molecule has 0 unspecified atom stereocenters. The number of H-pyrrole nitrogens is 1. The molecule has 0 fully saturated rings. The molecule has 2 rings (SSSR count). The highest BCUT2D eigenvalue weighted by Gasteiger charge is 2.08. The molecule has 5 heteroatoms. The Bertz CT molecular complexity index is 515. The van der Waals surface area contributed by atoms with Gasteiger partial charge >= 0.3 is 0 Å². The maximum atomic E-state index is 11.3. The van der Waals surface area contributed by atoms with Crippen LogP contribution in [0.15, 0.2) is 17.3 Å². The Balaban J connectivity index is 2.63. The molecule has 0 radical (unpaired) electrons. The van der Waals surface area contributed by atoms with Crippen LogP contribution in [0.25, 0.3) is 10.6 Å². The van der Waals surface area contributed by atoms with Crippen molar-refractivity contribution in [3.05, 3.63) is 33.4 Å². The SMILES string of the molecule is Cc1ncc(-c2nc[nH]c(=O)c2C)s1. The number of aromatic amines is 1. The van der Waals surface area contributed by atoms with E-state index in [9.17, 15) is 4.79 Å². The molecule has 2 aromatic heterocycles. The maximum absolute atomic E-state index is 11.3. The molecule has 0 bridgehead atoms. The van der Waals surface area contributed by atoms with Crippen LogP contribution in [0.4, 0.5) is 0 Å². The van der Waals surface area contributed by atoms with Gasteiger partial charge in [-0.15, -0.1) is 11.3 Å². The van der Waals surface area contributed by atoms with Crippen molar-refractivity contribution in [1.29, 1.82) is 0 Å². The number of nitrogens with zero attached hydrogens (tertiary/aromatic N) is 2. The van der Waals surface area contributed by atoms with Gasteiger partial charge in [0.25, 0.3) is 5.56 Å². The fraction of sp³-hybridized carbons (Fsp3) is 0.222. The molecule has 0 amide bonds. The summed E-state index contributed by atoms with van der Waals surface area (Å²) < 4.78 is 0. The summed E-state index contributed by atoms with van der Waals surface area (Å²) in [5, 5.41) is 0.974. The van der Waals surface area contributed by atoms with Crippen LogP contribution in [0, 0.1) is 13.8 Å². The Morgan fingerprint density at radius 1 is 1.36 bits per heavy atom. The minimum atomic E-state index is -0.0962. The molecule has 0 aliphatic carbocycles. The van der Waals surface area contributed by atoms with Gasteiger partial charge in [0.15, 0.2) is 0 Å². The Morgan fingerprint density at radius 3 is 2.79 bits per heavy atom. The Labute approximate surface area is 84.7 Å². The van der Waals surface area contributed by atoms with E-state index in [1.807, 2.05) is 6.92 Å². The summed E-state index contributed by atoms with van der Waals surface area (Å²) in [6, 6.07) is 0. The topological polar surface area (TPSA) is 58.6 Å². The van der Waals surface area contributed by atoms with Crippen molar-refractivity contribution in [2.45, 2.75) is 13.8 Å². The Hall–Kier alpha value is -1.49. The van der Waals surface area contributed by atoms with E-state index in [2.05, 4.69) is 15.0 Å². The standard InChI is InChI=1S/C9H9N3OS/c1-5-8(11-4-12-9(5)13)7-3-10-6(2)14-7/h3-4H,1-2H3,(H,11,12,13). The van der Waals surface area contributed by atoms with Gasteiger partial charge in [0.05, 0.1) is 21.9 Å². The molecule has 0 aromatic carbocycles. The van der Waals surface area contributed by atoms with Gasteiger partial charge in [-0.1, -0.05) is 0 Å². The highest BCUT2D eigenvalue weighted by Crippen LogP contribution is 2.24. The predicted molar refractivity (Wildman–Crippen MR) is 55.4 cm³/mol. The van der Waals surface area contributed by atoms with Crippen LogP contribution in [0.2, 0.25) is 0 Å². The van der Waals surface area contributed by atoms with E-state index in [0.717, 1.165) is 15.6 Å². The number of aryl methyl sites for hydroxylation is 1. The van der Waals surface area contributed by atoms with Crippen molar-refractivity contribution < 1.29 is 0 Å². The molecule has 0 atom stereocenters. The van der Waals surface area contributed by atoms with Crippen LogP contribution in [-0.4, -0.2) is 15.0 Å². The number of nitrogens with one attached hydrogen (secondary N) is 1. The second kappa shape index (κ2) is 3.34. The lowest BCUT2D eigenvalue weighted by atomic mass is 10.2. The van der Waals surface area contributed by atoms with E-state index in [4.69, 9.17) is 0 Å². The van der Waals surface area contributed by atoms with Crippen molar-refractivity contribution in [2.24, 2.45) is 0 Å². The first kappa shape index (κ1) is 9.08. The van der Waals surface area contributed by atoms with Gasteiger partial charge in [0.2, 0.25) is 0 Å². The fourth-order valence-electron chi connectivity index (χ4n) is 1.19. The minimum Gasteiger partial charge on any atom is -0.313 e. The van der Waals surface area contributed by atoms with Crippen LogP contribution in [0.1, 0.15) is 10.6 Å². The molecule has 0 spiro atoms. The fourth-order valence-corrected chi connectivity index (χ4v) is 2.02. The largest absolute Gasteiger partial charge is 0.313 e. The third kappa shape index (κ3) is 1.46. The summed E-state index contributed by atoms with van der Waals surface area (Å²) in [6.07, 6.45) is 3.16. The van der Waals surface area contributed by atoms with Crippen LogP contribution >= 0.6 is 11.3 Å². The van der Waals surface area contributed by atoms with Crippen molar-refractivity contribution in [3.63, 3.8) is 0 Å². The van der Waals surface area contributed by atoms with E-state index >= 15 is 0 Å². The van der Waals surface area contributed by atoms with Gasteiger partial charge < -0.3 is 4.98 Å². The monoisotopic (exact) mass is 207 g/mol. The minimum absolute atomic E-state index is 0.0962. The molecule has 0 saturated heterocycles. The Kier molecular flexibility index (Phi) is 2.17. The molecular formula is C9H9N3OS. The molecule has 2 heterocycles. The second-order valence-corrected chi connectivity index (χ2v) is 4.18. The summed E-state index contributed by atoms with van der Waals surface area (Å²) in [5.41, 5.74) is 1.26. The molecule has 14 heavy (non-hydrogen) atoms. The first-order valence-electron chi connectivity index (χ1n) is 4.15. The molecule has 4 nitrogen and oxygen atoms in total. The van der Waals surface area contributed by atoms with Crippen molar-refractivity contribution in [1.82, 2.24) is 15.0 Å². The average Bonchev–Trinajstić information content (AvgIpc) is 2.57. The van der Waals surface area contributed by atoms with Gasteiger partial charge in [0.1, 0.15) is 0 Å². The lowest BCUT2D eigenvalue weighted by Gasteiger charge is -1.98. The number of hydrogen-bond acceptors (Lipinski definition) is 4. The van der Waals surface area contributed by atoms with Gasteiger partial charge in [-0.3, -0.25) is 4.79 Å². The van der Waals surface area contributed by atoms with Crippen LogP contribution in [0.3, 0.4) is 0 Å². The lowest BCUT2D eigenvalue weighted by Crippen LogP contribution is -2.10. The van der Waals surface area contributed by atoms with E-state index in [1.165, 1.54) is 17.7 Å². The summed E-state index contributed by atoms with van der Waals surface area (Å²) in [6.45, 7) is 3.69. The Morgan fingerprint density at radius 2 is 2.14 bits per heavy atom. The van der Waals surface area contributed by atoms with Gasteiger partial charge in [0, 0.05) is 11.8 Å². The first-order chi connectivity index (χ1) is 6.68. The average molecular weight is 207 g/mol. The zero-order valence-electron chi connectivity index (χ0n) is 7.87. The number of hydrogen-bond donors (Lipinski definition) is 1. The number of rotatable bonds is 1. The van der Waals surface area contributed by atoms with Crippen molar-refractivity contribution >= 4 is 11.3 Å². The highest BCUT2D eigenvalue weighted by molar-refractivity contribution is 7.15. The van der Waals surface area contributed by atoms with E-state index in [1.54, 1.807) is 13.1 Å². The summed E-state index contributed by atoms with van der Waals surface area (Å²) in [7, 11) is 0. The number of aromatic nitrogens is 3. The first-order valence-corrected chi connectivity index (χ1v) is 4.97. The quantitative estimate of drug-likeness (QED) is 0.771. The lowest BCUT2D eigenvalue weighted by molar-refractivity contribution is 1.08. The summed E-state index contributed by atoms with van der Waals surface area (Å²) in [4.78, 5) is 23.0. The van der Waals surface area contributed by atoms with E-state index in [0.29, 0.717) is 5.56 Å². The maximum Gasteiger partial charge on any atom is 0.254 e. The van der Waals surface area contributed by atoms with Crippen LogP contribution < -0.4 is 5.56 Å². The van der Waals surface area contributed by atoms with Gasteiger partial charge in [-0.2, -0.15) is 0 Å². The third-order valence-electron chi connectivity index (χ3n) is 1.94. The van der Waals surface area contributed by atoms with Crippen molar-refractivity contribution in [2.75, 3.05) is 0 Å². The second-order valence-electron chi connectivity index (χ2n) is 2.95. The predicted octanol–water partition coefficient (Wildman–Crippen LogP) is 1.51. The zero-order valence-corrected chi connectivity index (χ0v) is 8.68.